The highest BCUT2D eigenvalue weighted by molar-refractivity contribution is 7.99. The third kappa shape index (κ3) is 5.60. The highest BCUT2D eigenvalue weighted by Gasteiger charge is 2.22. The number of aromatic amines is 1. The number of anilines is 1. The summed E-state index contributed by atoms with van der Waals surface area (Å²) < 4.78 is 16.4. The van der Waals surface area contributed by atoms with E-state index in [4.69, 9.17) is 14.2 Å². The maximum atomic E-state index is 12.8. The van der Waals surface area contributed by atoms with Gasteiger partial charge in [-0.1, -0.05) is 23.9 Å². The Balaban J connectivity index is 1.18. The smallest absolute Gasteiger partial charge is 0.256 e. The number of thioether (sulfide) groups is 1. The number of aromatic nitrogens is 2. The summed E-state index contributed by atoms with van der Waals surface area (Å²) in [5.41, 5.74) is 3.09. The molecular formula is C25H26N4O5S. The summed E-state index contributed by atoms with van der Waals surface area (Å²) in [5.74, 6) is 2.03. The van der Waals surface area contributed by atoms with Crippen LogP contribution in [0.3, 0.4) is 0 Å². The molecule has 2 aliphatic rings. The van der Waals surface area contributed by atoms with Gasteiger partial charge in [-0.3, -0.25) is 14.5 Å². The van der Waals surface area contributed by atoms with Crippen LogP contribution < -0.4 is 25.1 Å². The Morgan fingerprint density at radius 2 is 2.06 bits per heavy atom. The molecule has 3 aromatic rings. The fourth-order valence-electron chi connectivity index (χ4n) is 4.14. The molecule has 2 aromatic carbocycles. The molecule has 2 N–H and O–H groups in total. The van der Waals surface area contributed by atoms with Crippen molar-refractivity contribution in [3.63, 3.8) is 0 Å². The van der Waals surface area contributed by atoms with Gasteiger partial charge in [-0.05, 0) is 29.8 Å². The molecule has 1 amide bonds. The van der Waals surface area contributed by atoms with Crippen molar-refractivity contribution in [2.75, 3.05) is 37.9 Å². The number of fused-ring (bicyclic) bond motifs is 2. The molecule has 5 rings (SSSR count). The summed E-state index contributed by atoms with van der Waals surface area (Å²) in [6.45, 7) is 3.06. The Labute approximate surface area is 206 Å². The van der Waals surface area contributed by atoms with Gasteiger partial charge in [0, 0.05) is 37.8 Å². The molecule has 1 aromatic heterocycles. The first-order valence-corrected chi connectivity index (χ1v) is 12.4. The van der Waals surface area contributed by atoms with E-state index in [2.05, 4.69) is 26.3 Å². The minimum Gasteiger partial charge on any atom is -0.497 e. The third-order valence-electron chi connectivity index (χ3n) is 5.83. The zero-order valence-corrected chi connectivity index (χ0v) is 20.2. The van der Waals surface area contributed by atoms with Crippen LogP contribution in [-0.4, -0.2) is 53.4 Å². The molecule has 2 aliphatic heterocycles. The topological polar surface area (TPSA) is 106 Å². The van der Waals surface area contributed by atoms with Gasteiger partial charge in [-0.2, -0.15) is 0 Å². The molecule has 0 aliphatic carbocycles. The average molecular weight is 495 g/mol. The van der Waals surface area contributed by atoms with Gasteiger partial charge in [0.1, 0.15) is 19.0 Å². The summed E-state index contributed by atoms with van der Waals surface area (Å²) in [6, 6.07) is 13.2. The molecule has 0 spiro atoms. The molecule has 0 radical (unpaired) electrons. The molecule has 35 heavy (non-hydrogen) atoms. The fraction of sp³-hybridized carbons (Fsp3) is 0.320. The molecule has 3 heterocycles. The van der Waals surface area contributed by atoms with Crippen molar-refractivity contribution in [1.82, 2.24) is 14.9 Å². The predicted molar refractivity (Wildman–Crippen MR) is 132 cm³/mol. The lowest BCUT2D eigenvalue weighted by atomic mass is 10.1. The Morgan fingerprint density at radius 3 is 2.91 bits per heavy atom. The van der Waals surface area contributed by atoms with Gasteiger partial charge in [0.15, 0.2) is 16.7 Å². The molecule has 0 saturated carbocycles. The number of H-pyrrole nitrogens is 1. The Bertz CT molecular complexity index is 1300. The fourth-order valence-corrected chi connectivity index (χ4v) is 4.82. The number of ether oxygens (including phenoxy) is 3. The minimum absolute atomic E-state index is 0.123. The van der Waals surface area contributed by atoms with Gasteiger partial charge in [-0.15, -0.1) is 0 Å². The van der Waals surface area contributed by atoms with E-state index in [1.807, 2.05) is 18.2 Å². The van der Waals surface area contributed by atoms with Gasteiger partial charge in [-0.25, -0.2) is 4.98 Å². The number of hydrogen-bond acceptors (Lipinski definition) is 8. The van der Waals surface area contributed by atoms with Crippen molar-refractivity contribution in [3.8, 4) is 17.2 Å². The lowest BCUT2D eigenvalue weighted by Crippen LogP contribution is -2.35. The zero-order chi connectivity index (χ0) is 24.2. The van der Waals surface area contributed by atoms with Crippen LogP contribution in [0.1, 0.15) is 16.8 Å². The number of nitrogens with zero attached hydrogens (tertiary/aromatic N) is 2. The Hall–Kier alpha value is -3.50. The Morgan fingerprint density at radius 1 is 1.20 bits per heavy atom. The first kappa shape index (κ1) is 23.3. The van der Waals surface area contributed by atoms with Crippen LogP contribution in [-0.2, 0) is 24.3 Å². The number of carbonyl (C=O) groups excluding carboxylic acids is 1. The van der Waals surface area contributed by atoms with E-state index in [-0.39, 0.29) is 17.2 Å². The number of amides is 1. The Kier molecular flexibility index (Phi) is 6.91. The molecule has 0 unspecified atom stereocenters. The van der Waals surface area contributed by atoms with E-state index in [1.165, 1.54) is 11.8 Å². The highest BCUT2D eigenvalue weighted by atomic mass is 32.2. The maximum Gasteiger partial charge on any atom is 0.256 e. The van der Waals surface area contributed by atoms with Crippen molar-refractivity contribution in [2.45, 2.75) is 24.7 Å². The predicted octanol–water partition coefficient (Wildman–Crippen LogP) is 2.84. The molecule has 9 nitrogen and oxygen atoms in total. The van der Waals surface area contributed by atoms with Crippen molar-refractivity contribution in [3.05, 3.63) is 69.6 Å². The van der Waals surface area contributed by atoms with Crippen molar-refractivity contribution < 1.29 is 19.0 Å². The van der Waals surface area contributed by atoms with E-state index < -0.39 is 0 Å². The van der Waals surface area contributed by atoms with Crippen molar-refractivity contribution >= 4 is 23.4 Å². The third-order valence-corrected chi connectivity index (χ3v) is 6.71. The second-order valence-corrected chi connectivity index (χ2v) is 9.27. The summed E-state index contributed by atoms with van der Waals surface area (Å²) in [5, 5.41) is 3.30. The first-order valence-electron chi connectivity index (χ1n) is 11.4. The average Bonchev–Trinajstić information content (AvgIpc) is 2.88. The molecule has 0 atom stereocenters. The summed E-state index contributed by atoms with van der Waals surface area (Å²) in [4.78, 5) is 34.9. The largest absolute Gasteiger partial charge is 0.497 e. The lowest BCUT2D eigenvalue weighted by molar-refractivity contribution is -0.113. The van der Waals surface area contributed by atoms with E-state index in [9.17, 15) is 9.59 Å². The second kappa shape index (κ2) is 10.4. The normalized spacial score (nSPS) is 14.8. The molecule has 0 saturated heterocycles. The molecule has 0 bridgehead atoms. The van der Waals surface area contributed by atoms with Crippen LogP contribution in [0.25, 0.3) is 0 Å². The lowest BCUT2D eigenvalue weighted by Gasteiger charge is -2.27. The zero-order valence-electron chi connectivity index (χ0n) is 19.3. The quantitative estimate of drug-likeness (QED) is 0.382. The second-order valence-electron chi connectivity index (χ2n) is 8.30. The number of nitrogens with one attached hydrogen (secondary N) is 2. The summed E-state index contributed by atoms with van der Waals surface area (Å²) in [7, 11) is 1.65. The van der Waals surface area contributed by atoms with E-state index in [0.29, 0.717) is 54.1 Å². The number of carbonyl (C=O) groups is 1. The van der Waals surface area contributed by atoms with E-state index in [1.54, 1.807) is 25.3 Å². The van der Waals surface area contributed by atoms with Gasteiger partial charge < -0.3 is 24.5 Å². The minimum atomic E-state index is -0.198. The standard InChI is InChI=1S/C25H26N4O5S/c1-32-18-4-2-3-16(11-18)13-29-8-7-20-19(14-29)24(31)28-25(27-20)35-15-23(30)26-17-5-6-21-22(12-17)34-10-9-33-21/h2-6,11-12H,7-10,13-15H2,1H3,(H,26,30)(H,27,28,31). The first-order chi connectivity index (χ1) is 17.1. The van der Waals surface area contributed by atoms with E-state index in [0.717, 1.165) is 30.1 Å². The van der Waals surface area contributed by atoms with Gasteiger partial charge in [0.2, 0.25) is 5.91 Å². The van der Waals surface area contributed by atoms with Crippen LogP contribution in [0.2, 0.25) is 0 Å². The summed E-state index contributed by atoms with van der Waals surface area (Å²) in [6.07, 6.45) is 0.681. The molecular weight excluding hydrogens is 468 g/mol. The van der Waals surface area contributed by atoms with Gasteiger partial charge in [0.05, 0.1) is 24.1 Å². The van der Waals surface area contributed by atoms with Crippen LogP contribution in [0, 0.1) is 0 Å². The number of benzene rings is 2. The van der Waals surface area contributed by atoms with Crippen molar-refractivity contribution in [2.24, 2.45) is 0 Å². The maximum absolute atomic E-state index is 12.8. The van der Waals surface area contributed by atoms with E-state index >= 15 is 0 Å². The number of hydrogen-bond donors (Lipinski definition) is 2. The molecule has 0 fully saturated rings. The molecule has 10 heteroatoms. The van der Waals surface area contributed by atoms with Crippen molar-refractivity contribution in [1.29, 1.82) is 0 Å². The monoisotopic (exact) mass is 494 g/mol. The van der Waals surface area contributed by atoms with Gasteiger partial charge in [0.25, 0.3) is 5.56 Å². The number of rotatable bonds is 7. The van der Waals surface area contributed by atoms with Gasteiger partial charge >= 0.3 is 0 Å². The highest BCUT2D eigenvalue weighted by Crippen LogP contribution is 2.32. The number of methoxy groups -OCH3 is 1. The molecule has 182 valence electrons. The van der Waals surface area contributed by atoms with Crippen LogP contribution >= 0.6 is 11.8 Å². The van der Waals surface area contributed by atoms with Crippen LogP contribution in [0.5, 0.6) is 17.2 Å². The van der Waals surface area contributed by atoms with Crippen LogP contribution in [0.15, 0.2) is 52.4 Å². The SMILES string of the molecule is COc1cccc(CN2CCc3nc(SCC(=O)Nc4ccc5c(c4)OCCO5)[nH]c(=O)c3C2)c1. The summed E-state index contributed by atoms with van der Waals surface area (Å²) >= 11 is 1.21. The van der Waals surface area contributed by atoms with Crippen LogP contribution in [0.4, 0.5) is 5.69 Å².